The van der Waals surface area contributed by atoms with Gasteiger partial charge in [-0.05, 0) is 35.4 Å². The van der Waals surface area contributed by atoms with Gasteiger partial charge >= 0.3 is 0 Å². The smallest absolute Gasteiger partial charge is 0.120 e. The molecule has 0 radical (unpaired) electrons. The van der Waals surface area contributed by atoms with Crippen LogP contribution in [0.4, 0.5) is 11.4 Å². The van der Waals surface area contributed by atoms with Gasteiger partial charge in [0.05, 0.1) is 5.04 Å². The Morgan fingerprint density at radius 1 is 0.846 bits per heavy atom. The van der Waals surface area contributed by atoms with Crippen molar-refractivity contribution < 1.29 is 0 Å². The fourth-order valence-electron chi connectivity index (χ4n) is 2.99. The predicted molar refractivity (Wildman–Crippen MR) is 112 cm³/mol. The van der Waals surface area contributed by atoms with Crippen LogP contribution in [0.5, 0.6) is 0 Å². The number of nitrogens with zero attached hydrogens (tertiary/aromatic N) is 2. The summed E-state index contributed by atoms with van der Waals surface area (Å²) in [5, 5.41) is 5.83. The number of rotatable bonds is 5. The normalized spacial score (nSPS) is 16.0. The highest BCUT2D eigenvalue weighted by molar-refractivity contribution is 8.14. The summed E-state index contributed by atoms with van der Waals surface area (Å²) in [4.78, 5) is 2.19. The Labute approximate surface area is 158 Å². The van der Waals surface area contributed by atoms with Gasteiger partial charge < -0.3 is 4.90 Å². The summed E-state index contributed by atoms with van der Waals surface area (Å²) < 4.78 is 0. The van der Waals surface area contributed by atoms with E-state index in [0.717, 1.165) is 11.5 Å². The minimum absolute atomic E-state index is 0.185. The van der Waals surface area contributed by atoms with Gasteiger partial charge in [-0.15, -0.1) is 0 Å². The molecule has 0 spiro atoms. The van der Waals surface area contributed by atoms with E-state index in [9.17, 15) is 0 Å². The number of thioether (sulfide) groups is 1. The number of hydrogen-bond acceptors (Lipinski definition) is 4. The van der Waals surface area contributed by atoms with Crippen LogP contribution in [0.25, 0.3) is 0 Å². The molecule has 0 fully saturated rings. The van der Waals surface area contributed by atoms with Gasteiger partial charge in [-0.1, -0.05) is 72.4 Å². The van der Waals surface area contributed by atoms with E-state index in [1.807, 2.05) is 12.1 Å². The lowest BCUT2D eigenvalue weighted by atomic mass is 10.2. The van der Waals surface area contributed by atoms with E-state index in [1.54, 1.807) is 11.8 Å². The molecule has 3 nitrogen and oxygen atoms in total. The zero-order valence-electron chi connectivity index (χ0n) is 14.7. The molecule has 1 unspecified atom stereocenters. The molecule has 4 heteroatoms. The summed E-state index contributed by atoms with van der Waals surface area (Å²) in [7, 11) is 2.09. The number of para-hydroxylation sites is 1. The Morgan fingerprint density at radius 3 is 2.15 bits per heavy atom. The molecule has 3 aromatic carbocycles. The third-order valence-electron chi connectivity index (χ3n) is 4.49. The van der Waals surface area contributed by atoms with E-state index < -0.39 is 0 Å². The lowest BCUT2D eigenvalue weighted by Gasteiger charge is -2.20. The van der Waals surface area contributed by atoms with Crippen LogP contribution in [-0.4, -0.2) is 12.1 Å². The molecule has 4 rings (SSSR count). The second kappa shape index (κ2) is 7.67. The molecule has 0 aromatic heterocycles. The highest BCUT2D eigenvalue weighted by Gasteiger charge is 2.21. The van der Waals surface area contributed by atoms with E-state index >= 15 is 0 Å². The maximum Gasteiger partial charge on any atom is 0.120 e. The standard InChI is InChI=1S/C22H21N3S/c1-25(19-10-6-3-7-11-19)20-14-12-18(13-15-20)22-24-23-21(26-22)16-17-8-4-2-5-9-17/h2-15,22,24H,16H2,1H3. The zero-order valence-corrected chi connectivity index (χ0v) is 15.5. The third kappa shape index (κ3) is 3.75. The van der Waals surface area contributed by atoms with Crippen LogP contribution < -0.4 is 10.3 Å². The van der Waals surface area contributed by atoms with Gasteiger partial charge in [0.2, 0.25) is 0 Å². The van der Waals surface area contributed by atoms with Crippen molar-refractivity contribution in [3.05, 3.63) is 96.1 Å². The summed E-state index contributed by atoms with van der Waals surface area (Å²) >= 11 is 1.79. The first-order chi connectivity index (χ1) is 12.8. The highest BCUT2D eigenvalue weighted by atomic mass is 32.2. The molecule has 0 amide bonds. The number of benzene rings is 3. The molecule has 1 N–H and O–H groups in total. The van der Waals surface area contributed by atoms with E-state index in [2.05, 4.69) is 95.3 Å². The molecular formula is C22H21N3S. The Balaban J connectivity index is 1.40. The molecule has 26 heavy (non-hydrogen) atoms. The topological polar surface area (TPSA) is 27.6 Å². The van der Waals surface area contributed by atoms with Gasteiger partial charge in [0, 0.05) is 24.8 Å². The van der Waals surface area contributed by atoms with E-state index in [4.69, 9.17) is 0 Å². The molecule has 130 valence electrons. The zero-order chi connectivity index (χ0) is 17.8. The number of nitrogens with one attached hydrogen (secondary N) is 1. The van der Waals surface area contributed by atoms with Gasteiger partial charge in [0.1, 0.15) is 5.37 Å². The molecule has 1 aliphatic heterocycles. The van der Waals surface area contributed by atoms with Crippen molar-refractivity contribution in [2.75, 3.05) is 11.9 Å². The summed E-state index contributed by atoms with van der Waals surface area (Å²) in [6.07, 6.45) is 0.879. The SMILES string of the molecule is CN(c1ccccc1)c1ccc(C2NN=C(Cc3ccccc3)S2)cc1. The van der Waals surface area contributed by atoms with Gasteiger partial charge in [0.25, 0.3) is 0 Å². The maximum absolute atomic E-state index is 4.51. The molecular weight excluding hydrogens is 338 g/mol. The molecule has 0 aliphatic carbocycles. The summed E-state index contributed by atoms with van der Waals surface area (Å²) in [6, 6.07) is 29.6. The molecule has 1 atom stereocenters. The first kappa shape index (κ1) is 16.7. The Morgan fingerprint density at radius 2 is 1.46 bits per heavy atom. The summed E-state index contributed by atoms with van der Waals surface area (Å²) in [6.45, 7) is 0. The molecule has 3 aromatic rings. The number of anilines is 2. The highest BCUT2D eigenvalue weighted by Crippen LogP contribution is 2.34. The first-order valence-corrected chi connectivity index (χ1v) is 9.59. The largest absolute Gasteiger partial charge is 0.345 e. The van der Waals surface area contributed by atoms with Gasteiger partial charge in [-0.25, -0.2) is 0 Å². The number of hydrazone groups is 1. The van der Waals surface area contributed by atoms with Crippen molar-refractivity contribution in [3.63, 3.8) is 0 Å². The second-order valence-corrected chi connectivity index (χ2v) is 7.46. The molecule has 0 saturated heterocycles. The van der Waals surface area contributed by atoms with E-state index in [1.165, 1.54) is 22.5 Å². The predicted octanol–water partition coefficient (Wildman–Crippen LogP) is 5.35. The average Bonchev–Trinajstić information content (AvgIpc) is 3.17. The lowest BCUT2D eigenvalue weighted by Crippen LogP contribution is -2.10. The van der Waals surface area contributed by atoms with Crippen LogP contribution in [0.1, 0.15) is 16.5 Å². The summed E-state index contributed by atoms with van der Waals surface area (Å²) in [5.41, 5.74) is 8.15. The summed E-state index contributed by atoms with van der Waals surface area (Å²) in [5.74, 6) is 0. The first-order valence-electron chi connectivity index (χ1n) is 8.71. The average molecular weight is 359 g/mol. The van der Waals surface area contributed by atoms with E-state index in [0.29, 0.717) is 0 Å². The Kier molecular flexibility index (Phi) is 4.93. The van der Waals surface area contributed by atoms with Crippen molar-refractivity contribution in [2.45, 2.75) is 11.8 Å². The van der Waals surface area contributed by atoms with Crippen molar-refractivity contribution in [3.8, 4) is 0 Å². The van der Waals surface area contributed by atoms with Crippen LogP contribution in [0.2, 0.25) is 0 Å². The fraction of sp³-hybridized carbons (Fsp3) is 0.136. The van der Waals surface area contributed by atoms with Crippen LogP contribution in [-0.2, 0) is 6.42 Å². The van der Waals surface area contributed by atoms with Crippen molar-refractivity contribution in [1.29, 1.82) is 0 Å². The fourth-order valence-corrected chi connectivity index (χ4v) is 4.01. The van der Waals surface area contributed by atoms with Crippen molar-refractivity contribution >= 4 is 28.2 Å². The third-order valence-corrected chi connectivity index (χ3v) is 5.61. The van der Waals surface area contributed by atoms with Gasteiger partial charge in [-0.2, -0.15) is 5.10 Å². The van der Waals surface area contributed by atoms with Gasteiger partial charge in [0.15, 0.2) is 0 Å². The minimum atomic E-state index is 0.185. The van der Waals surface area contributed by atoms with Crippen LogP contribution >= 0.6 is 11.8 Å². The molecule has 0 bridgehead atoms. The molecule has 0 saturated carbocycles. The van der Waals surface area contributed by atoms with Gasteiger partial charge in [-0.3, -0.25) is 5.43 Å². The van der Waals surface area contributed by atoms with Crippen LogP contribution in [0.3, 0.4) is 0 Å². The molecule has 1 heterocycles. The van der Waals surface area contributed by atoms with Crippen LogP contribution in [0.15, 0.2) is 90.0 Å². The van der Waals surface area contributed by atoms with E-state index in [-0.39, 0.29) is 5.37 Å². The van der Waals surface area contributed by atoms with Crippen molar-refractivity contribution in [1.82, 2.24) is 5.43 Å². The minimum Gasteiger partial charge on any atom is -0.345 e. The lowest BCUT2D eigenvalue weighted by molar-refractivity contribution is 0.742. The quantitative estimate of drug-likeness (QED) is 0.666. The molecule has 1 aliphatic rings. The monoisotopic (exact) mass is 359 g/mol. The van der Waals surface area contributed by atoms with Crippen LogP contribution in [0, 0.1) is 0 Å². The second-order valence-electron chi connectivity index (χ2n) is 6.28. The Bertz CT molecular complexity index is 876. The maximum atomic E-state index is 4.51. The van der Waals surface area contributed by atoms with Crippen molar-refractivity contribution in [2.24, 2.45) is 5.10 Å². The Hall–Kier alpha value is -2.72. The number of hydrogen-bond donors (Lipinski definition) is 1.